The zero-order valence-electron chi connectivity index (χ0n) is 13.6. The van der Waals surface area contributed by atoms with Crippen molar-refractivity contribution < 1.29 is 4.74 Å². The van der Waals surface area contributed by atoms with Crippen molar-refractivity contribution in [1.29, 1.82) is 0 Å². The van der Waals surface area contributed by atoms with E-state index in [1.165, 1.54) is 12.0 Å². The van der Waals surface area contributed by atoms with E-state index >= 15 is 0 Å². The third-order valence-corrected chi connectivity index (χ3v) is 4.31. The zero-order chi connectivity index (χ0) is 15.1. The second-order valence-corrected chi connectivity index (χ2v) is 5.87. The molecule has 0 spiro atoms. The number of hydrogen-bond acceptors (Lipinski definition) is 4. The van der Waals surface area contributed by atoms with Crippen LogP contribution in [-0.2, 0) is 6.54 Å². The lowest BCUT2D eigenvalue weighted by Crippen LogP contribution is -2.51. The fourth-order valence-corrected chi connectivity index (χ4v) is 2.85. The lowest BCUT2D eigenvalue weighted by atomic mass is 10.1. The van der Waals surface area contributed by atoms with Crippen molar-refractivity contribution in [2.45, 2.75) is 25.9 Å². The number of piperazine rings is 1. The molecule has 1 atom stereocenters. The third kappa shape index (κ3) is 4.99. The van der Waals surface area contributed by atoms with Crippen molar-refractivity contribution in [2.24, 2.45) is 0 Å². The minimum absolute atomic E-state index is 0.694. The van der Waals surface area contributed by atoms with E-state index in [0.29, 0.717) is 6.04 Å². The van der Waals surface area contributed by atoms with Gasteiger partial charge < -0.3 is 15.0 Å². The van der Waals surface area contributed by atoms with Crippen molar-refractivity contribution in [2.75, 3.05) is 46.9 Å². The van der Waals surface area contributed by atoms with Crippen LogP contribution in [0.4, 0.5) is 0 Å². The minimum atomic E-state index is 0.694. The van der Waals surface area contributed by atoms with Crippen molar-refractivity contribution in [3.63, 3.8) is 0 Å². The lowest BCUT2D eigenvalue weighted by molar-refractivity contribution is 0.0824. The van der Waals surface area contributed by atoms with E-state index in [0.717, 1.165) is 45.1 Å². The maximum atomic E-state index is 5.86. The molecule has 1 heterocycles. The van der Waals surface area contributed by atoms with Gasteiger partial charge in [0.25, 0.3) is 0 Å². The second kappa shape index (κ2) is 8.37. The molecule has 1 aliphatic rings. The van der Waals surface area contributed by atoms with Gasteiger partial charge in [0.15, 0.2) is 0 Å². The Morgan fingerprint density at radius 2 is 2.00 bits per heavy atom. The molecule has 0 aromatic heterocycles. The van der Waals surface area contributed by atoms with Gasteiger partial charge in [-0.1, -0.05) is 19.1 Å². The molecular weight excluding hydrogens is 262 g/mol. The molecule has 1 aromatic rings. The first-order valence-electron chi connectivity index (χ1n) is 8.02. The molecule has 1 N–H and O–H groups in total. The number of rotatable bonds is 7. The largest absolute Gasteiger partial charge is 0.492 e. The summed E-state index contributed by atoms with van der Waals surface area (Å²) in [5.41, 5.74) is 1.29. The molecule has 0 aliphatic carbocycles. The Bertz CT molecular complexity index is 407. The van der Waals surface area contributed by atoms with E-state index in [2.05, 4.69) is 53.4 Å². The predicted molar refractivity (Wildman–Crippen MR) is 87.8 cm³/mol. The maximum absolute atomic E-state index is 5.86. The highest BCUT2D eigenvalue weighted by atomic mass is 16.5. The summed E-state index contributed by atoms with van der Waals surface area (Å²) in [6.45, 7) is 8.44. The SMILES string of the molecule is CCC1CN(CCOc2ccc(CNC)cc2)CCN1C. The third-order valence-electron chi connectivity index (χ3n) is 4.31. The number of hydrogen-bond donors (Lipinski definition) is 1. The molecule has 1 aromatic carbocycles. The topological polar surface area (TPSA) is 27.7 Å². The highest BCUT2D eigenvalue weighted by Crippen LogP contribution is 2.13. The minimum Gasteiger partial charge on any atom is -0.492 e. The summed E-state index contributed by atoms with van der Waals surface area (Å²) in [6, 6.07) is 9.06. The van der Waals surface area contributed by atoms with Crippen LogP contribution in [0, 0.1) is 0 Å². The van der Waals surface area contributed by atoms with Crippen molar-refractivity contribution in [3.8, 4) is 5.75 Å². The molecule has 1 saturated heterocycles. The Morgan fingerprint density at radius 3 is 2.67 bits per heavy atom. The normalized spacial score (nSPS) is 20.6. The standard InChI is InChI=1S/C17H29N3O/c1-4-16-14-20(10-9-19(16)3)11-12-21-17-7-5-15(6-8-17)13-18-2/h5-8,16,18H,4,9-14H2,1-3H3. The van der Waals surface area contributed by atoms with Crippen LogP contribution in [0.25, 0.3) is 0 Å². The second-order valence-electron chi connectivity index (χ2n) is 5.87. The van der Waals surface area contributed by atoms with Gasteiger partial charge in [-0.25, -0.2) is 0 Å². The molecule has 0 bridgehead atoms. The van der Waals surface area contributed by atoms with Crippen LogP contribution in [0.3, 0.4) is 0 Å². The van der Waals surface area contributed by atoms with E-state index < -0.39 is 0 Å². The van der Waals surface area contributed by atoms with Gasteiger partial charge in [-0.2, -0.15) is 0 Å². The highest BCUT2D eigenvalue weighted by Gasteiger charge is 2.22. The molecule has 4 nitrogen and oxygen atoms in total. The number of nitrogens with one attached hydrogen (secondary N) is 1. The van der Waals surface area contributed by atoms with Gasteiger partial charge in [0.2, 0.25) is 0 Å². The predicted octanol–water partition coefficient (Wildman–Crippen LogP) is 1.81. The van der Waals surface area contributed by atoms with Gasteiger partial charge in [-0.05, 0) is 38.2 Å². The summed E-state index contributed by atoms with van der Waals surface area (Å²) in [5.74, 6) is 0.969. The Hall–Kier alpha value is -1.10. The van der Waals surface area contributed by atoms with Crippen molar-refractivity contribution >= 4 is 0 Å². The van der Waals surface area contributed by atoms with E-state index in [-0.39, 0.29) is 0 Å². The molecule has 1 aliphatic heterocycles. The Labute approximate surface area is 129 Å². The fraction of sp³-hybridized carbons (Fsp3) is 0.647. The Balaban J connectivity index is 1.71. The molecule has 0 saturated carbocycles. The fourth-order valence-electron chi connectivity index (χ4n) is 2.85. The van der Waals surface area contributed by atoms with E-state index in [9.17, 15) is 0 Å². The summed E-state index contributed by atoms with van der Waals surface area (Å²) < 4.78 is 5.86. The van der Waals surface area contributed by atoms with Gasteiger partial charge in [0.05, 0.1) is 0 Å². The molecule has 2 rings (SSSR count). The first kappa shape index (κ1) is 16.3. The van der Waals surface area contributed by atoms with Crippen LogP contribution in [0.5, 0.6) is 5.75 Å². The van der Waals surface area contributed by atoms with Crippen LogP contribution >= 0.6 is 0 Å². The van der Waals surface area contributed by atoms with Crippen molar-refractivity contribution in [1.82, 2.24) is 15.1 Å². The van der Waals surface area contributed by atoms with Gasteiger partial charge in [-0.15, -0.1) is 0 Å². The molecule has 0 radical (unpaired) electrons. The lowest BCUT2D eigenvalue weighted by Gasteiger charge is -2.39. The van der Waals surface area contributed by atoms with Gasteiger partial charge in [0, 0.05) is 38.8 Å². The summed E-state index contributed by atoms with van der Waals surface area (Å²) in [7, 11) is 4.19. The Morgan fingerprint density at radius 1 is 1.24 bits per heavy atom. The van der Waals surface area contributed by atoms with E-state index in [1.54, 1.807) is 0 Å². The van der Waals surface area contributed by atoms with Crippen LogP contribution in [0.15, 0.2) is 24.3 Å². The van der Waals surface area contributed by atoms with Gasteiger partial charge >= 0.3 is 0 Å². The number of nitrogens with zero attached hydrogens (tertiary/aromatic N) is 2. The van der Waals surface area contributed by atoms with Crippen molar-refractivity contribution in [3.05, 3.63) is 29.8 Å². The van der Waals surface area contributed by atoms with Gasteiger partial charge in [-0.3, -0.25) is 4.90 Å². The quantitative estimate of drug-likeness (QED) is 0.829. The average Bonchev–Trinajstić information content (AvgIpc) is 2.51. The summed E-state index contributed by atoms with van der Waals surface area (Å²) in [4.78, 5) is 4.99. The number of ether oxygens (including phenoxy) is 1. The molecule has 21 heavy (non-hydrogen) atoms. The van der Waals surface area contributed by atoms with Crippen LogP contribution < -0.4 is 10.1 Å². The maximum Gasteiger partial charge on any atom is 0.119 e. The first-order chi connectivity index (χ1) is 10.2. The molecule has 0 amide bonds. The number of likely N-dealkylation sites (N-methyl/N-ethyl adjacent to an activating group) is 1. The highest BCUT2D eigenvalue weighted by molar-refractivity contribution is 5.27. The summed E-state index contributed by atoms with van der Waals surface area (Å²) in [6.07, 6.45) is 1.22. The van der Waals surface area contributed by atoms with E-state index in [4.69, 9.17) is 4.74 Å². The number of benzene rings is 1. The monoisotopic (exact) mass is 291 g/mol. The molecule has 4 heteroatoms. The Kier molecular flexibility index (Phi) is 6.49. The summed E-state index contributed by atoms with van der Waals surface area (Å²) in [5, 5.41) is 3.15. The first-order valence-corrected chi connectivity index (χ1v) is 8.02. The van der Waals surface area contributed by atoms with Crippen LogP contribution in [-0.4, -0.2) is 62.7 Å². The average molecular weight is 291 g/mol. The van der Waals surface area contributed by atoms with Crippen LogP contribution in [0.2, 0.25) is 0 Å². The molecule has 1 unspecified atom stereocenters. The summed E-state index contributed by atoms with van der Waals surface area (Å²) >= 11 is 0. The molecular formula is C17H29N3O. The van der Waals surface area contributed by atoms with Gasteiger partial charge in [0.1, 0.15) is 12.4 Å². The molecule has 118 valence electrons. The van der Waals surface area contributed by atoms with Crippen LogP contribution in [0.1, 0.15) is 18.9 Å². The molecule has 1 fully saturated rings. The smallest absolute Gasteiger partial charge is 0.119 e. The van der Waals surface area contributed by atoms with E-state index in [1.807, 2.05) is 7.05 Å². The zero-order valence-corrected chi connectivity index (χ0v) is 13.6.